The molecule has 0 bridgehead atoms. The van der Waals surface area contributed by atoms with Crippen molar-refractivity contribution >= 4 is 13.3 Å². The van der Waals surface area contributed by atoms with Crippen molar-refractivity contribution in [3.05, 3.63) is 6.92 Å². The van der Waals surface area contributed by atoms with E-state index in [1.165, 1.54) is 148 Å². The molecule has 0 aliphatic heterocycles. The zero-order valence-electron chi connectivity index (χ0n) is 21.9. The summed E-state index contributed by atoms with van der Waals surface area (Å²) >= 11 is -1.24. The van der Waals surface area contributed by atoms with E-state index < -0.39 is 13.3 Å². The van der Waals surface area contributed by atoms with E-state index in [0.29, 0.717) is 0 Å². The van der Waals surface area contributed by atoms with Crippen LogP contribution < -0.4 is 0 Å². The fourth-order valence-electron chi connectivity index (χ4n) is 4.54. The minimum absolute atomic E-state index is 1.12. The average molecular weight is 482 g/mol. The molecule has 0 heterocycles. The summed E-state index contributed by atoms with van der Waals surface area (Å²) < 4.78 is 0. The molecule has 0 aromatic heterocycles. The standard InChI is InChI=1S/C29H61Ge/c1-5-6-7-8-9-10-11-12-13-14-15-16-17-18-19-20-21-22-23-24-25-26-27-28-29-30(2,3)4/h1,5-29H2,2-4H3. The van der Waals surface area contributed by atoms with Gasteiger partial charge in [-0.1, -0.05) is 90.4 Å². The molecule has 0 aromatic carbocycles. The molecule has 0 N–H and O–H groups in total. The predicted molar refractivity (Wildman–Crippen MR) is 144 cm³/mol. The van der Waals surface area contributed by atoms with Crippen LogP contribution in [0.5, 0.6) is 0 Å². The second kappa shape index (κ2) is 24.2. The van der Waals surface area contributed by atoms with Crippen molar-refractivity contribution in [2.24, 2.45) is 0 Å². The number of hydrogen-bond donors (Lipinski definition) is 0. The summed E-state index contributed by atoms with van der Waals surface area (Å²) in [4.78, 5) is 0. The van der Waals surface area contributed by atoms with Gasteiger partial charge in [0.05, 0.1) is 0 Å². The third-order valence-electron chi connectivity index (χ3n) is 6.68. The molecule has 0 rings (SSSR count). The van der Waals surface area contributed by atoms with Gasteiger partial charge in [-0.15, -0.1) is 0 Å². The van der Waals surface area contributed by atoms with Gasteiger partial charge in [0, 0.05) is 0 Å². The third kappa shape index (κ3) is 28.5. The molecule has 0 aliphatic carbocycles. The Kier molecular flexibility index (Phi) is 24.6. The second-order valence-electron chi connectivity index (χ2n) is 11.3. The van der Waals surface area contributed by atoms with E-state index in [0.717, 1.165) is 6.42 Å². The summed E-state index contributed by atoms with van der Waals surface area (Å²) in [6.07, 6.45) is 35.1. The zero-order valence-corrected chi connectivity index (χ0v) is 24.0. The van der Waals surface area contributed by atoms with E-state index in [-0.39, 0.29) is 0 Å². The Labute approximate surface area is 196 Å². The Morgan fingerprint density at radius 2 is 0.533 bits per heavy atom. The SMILES string of the molecule is [CH2]CCCCCCCCCCCCCCCCCCCCCCCC[CH2][Ge]([CH3])([CH3])[CH3]. The first-order valence-electron chi connectivity index (χ1n) is 14.4. The molecular weight excluding hydrogens is 421 g/mol. The number of unbranched alkanes of at least 4 members (excludes halogenated alkanes) is 23. The van der Waals surface area contributed by atoms with Crippen LogP contribution in [0.1, 0.15) is 154 Å². The predicted octanol–water partition coefficient (Wildman–Crippen LogP) is 11.5. The van der Waals surface area contributed by atoms with Crippen LogP contribution in [0.2, 0.25) is 22.5 Å². The molecule has 0 atom stereocenters. The van der Waals surface area contributed by atoms with Crippen molar-refractivity contribution in [1.29, 1.82) is 0 Å². The van der Waals surface area contributed by atoms with Crippen LogP contribution in [0.4, 0.5) is 0 Å². The summed E-state index contributed by atoms with van der Waals surface area (Å²) in [5.41, 5.74) is 0. The van der Waals surface area contributed by atoms with E-state index in [2.05, 4.69) is 24.2 Å². The summed E-state index contributed by atoms with van der Waals surface area (Å²) in [6.45, 7) is 3.92. The molecule has 181 valence electrons. The summed E-state index contributed by atoms with van der Waals surface area (Å²) in [6, 6.07) is 0. The van der Waals surface area contributed by atoms with Crippen molar-refractivity contribution < 1.29 is 0 Å². The van der Waals surface area contributed by atoms with Crippen LogP contribution >= 0.6 is 0 Å². The quantitative estimate of drug-likeness (QED) is 0.0897. The van der Waals surface area contributed by atoms with Crippen LogP contribution in [0.3, 0.4) is 0 Å². The molecule has 0 saturated carbocycles. The van der Waals surface area contributed by atoms with Gasteiger partial charge in [-0.2, -0.15) is 0 Å². The van der Waals surface area contributed by atoms with E-state index in [9.17, 15) is 0 Å². The summed E-state index contributed by atoms with van der Waals surface area (Å²) in [7, 11) is 0. The normalized spacial score (nSPS) is 12.0. The van der Waals surface area contributed by atoms with Gasteiger partial charge in [0.2, 0.25) is 0 Å². The molecule has 0 saturated heterocycles. The van der Waals surface area contributed by atoms with Crippen LogP contribution in [0, 0.1) is 6.92 Å². The topological polar surface area (TPSA) is 0 Å². The molecule has 1 radical (unpaired) electrons. The Bertz CT molecular complexity index is 304. The van der Waals surface area contributed by atoms with Gasteiger partial charge in [-0.05, 0) is 0 Å². The second-order valence-corrected chi connectivity index (χ2v) is 23.1. The van der Waals surface area contributed by atoms with Gasteiger partial charge < -0.3 is 0 Å². The number of hydrogen-bond acceptors (Lipinski definition) is 0. The zero-order chi connectivity index (χ0) is 22.2. The molecule has 30 heavy (non-hydrogen) atoms. The maximum absolute atomic E-state index is 3.92. The van der Waals surface area contributed by atoms with Crippen LogP contribution in [-0.2, 0) is 0 Å². The Hall–Kier alpha value is 0.543. The first-order valence-corrected chi connectivity index (χ1v) is 22.1. The minimum atomic E-state index is -1.24. The fraction of sp³-hybridized carbons (Fsp3) is 0.966. The van der Waals surface area contributed by atoms with Gasteiger partial charge in [-0.3, -0.25) is 0 Å². The monoisotopic (exact) mass is 483 g/mol. The molecular formula is C29H61Ge. The summed E-state index contributed by atoms with van der Waals surface area (Å²) in [5.74, 6) is 7.66. The van der Waals surface area contributed by atoms with Crippen LogP contribution in [-0.4, -0.2) is 13.3 Å². The molecule has 0 fully saturated rings. The Morgan fingerprint density at radius 3 is 0.733 bits per heavy atom. The number of rotatable bonds is 25. The molecule has 0 nitrogen and oxygen atoms in total. The van der Waals surface area contributed by atoms with E-state index >= 15 is 0 Å². The molecule has 0 amide bonds. The van der Waals surface area contributed by atoms with Crippen LogP contribution in [0.15, 0.2) is 0 Å². The van der Waals surface area contributed by atoms with E-state index in [1.54, 1.807) is 5.25 Å². The van der Waals surface area contributed by atoms with Crippen molar-refractivity contribution in [1.82, 2.24) is 0 Å². The first kappa shape index (κ1) is 30.5. The Balaban J connectivity index is 3.02. The van der Waals surface area contributed by atoms with E-state index in [1.807, 2.05) is 0 Å². The molecule has 0 aromatic rings. The van der Waals surface area contributed by atoms with Crippen molar-refractivity contribution in [3.8, 4) is 0 Å². The van der Waals surface area contributed by atoms with Gasteiger partial charge in [0.25, 0.3) is 0 Å². The van der Waals surface area contributed by atoms with Crippen molar-refractivity contribution in [2.75, 3.05) is 0 Å². The average Bonchev–Trinajstić information content (AvgIpc) is 2.70. The van der Waals surface area contributed by atoms with Gasteiger partial charge in [0.1, 0.15) is 0 Å². The summed E-state index contributed by atoms with van der Waals surface area (Å²) in [5, 5.41) is 1.58. The molecule has 0 unspecified atom stereocenters. The van der Waals surface area contributed by atoms with Crippen molar-refractivity contribution in [2.45, 2.75) is 177 Å². The molecule has 0 spiro atoms. The maximum atomic E-state index is 3.92. The van der Waals surface area contributed by atoms with E-state index in [4.69, 9.17) is 0 Å². The van der Waals surface area contributed by atoms with Gasteiger partial charge >= 0.3 is 106 Å². The van der Waals surface area contributed by atoms with Gasteiger partial charge in [-0.25, -0.2) is 0 Å². The molecule has 1 heteroatoms. The van der Waals surface area contributed by atoms with Crippen molar-refractivity contribution in [3.63, 3.8) is 0 Å². The Morgan fingerprint density at radius 1 is 0.333 bits per heavy atom. The third-order valence-corrected chi connectivity index (χ3v) is 10.6. The first-order chi connectivity index (χ1) is 14.6. The fourth-order valence-corrected chi connectivity index (χ4v) is 7.29. The molecule has 0 aliphatic rings. The van der Waals surface area contributed by atoms with Gasteiger partial charge in [0.15, 0.2) is 0 Å². The van der Waals surface area contributed by atoms with Crippen LogP contribution in [0.25, 0.3) is 0 Å².